The number of amides is 1. The highest BCUT2D eigenvalue weighted by Crippen LogP contribution is 2.57. The van der Waals surface area contributed by atoms with Crippen LogP contribution in [-0.2, 0) is 57.1 Å². The lowest BCUT2D eigenvalue weighted by molar-refractivity contribution is -0.119. The highest BCUT2D eigenvalue weighted by molar-refractivity contribution is 8.44. The zero-order valence-electron chi connectivity index (χ0n) is 21.9. The van der Waals surface area contributed by atoms with Crippen LogP contribution < -0.4 is 5.32 Å². The molecule has 0 radical (unpaired) electrons. The molecule has 1 saturated carbocycles. The quantitative estimate of drug-likeness (QED) is 0.261. The van der Waals surface area contributed by atoms with E-state index < -0.39 is 62.6 Å². The molecule has 2 aromatic rings. The fraction of sp³-hybridized carbons (Fsp3) is 0.571. The van der Waals surface area contributed by atoms with E-state index in [4.69, 9.17) is 40.0 Å². The zero-order chi connectivity index (χ0) is 30.1. The number of carbonyl (C=O) groups excluding carboxylic acids is 1. The number of guanidine groups is 1. The second-order valence-electron chi connectivity index (χ2n) is 10.2. The largest absolute Gasteiger partial charge is 0.387 e. The normalized spacial score (nSPS) is 37.0. The summed E-state index contributed by atoms with van der Waals surface area (Å²) in [6.45, 7) is -9.14. The fourth-order valence-electron chi connectivity index (χ4n) is 5.04. The summed E-state index contributed by atoms with van der Waals surface area (Å²) in [5.74, 6) is 0.112. The van der Waals surface area contributed by atoms with Crippen molar-refractivity contribution in [2.75, 3.05) is 13.2 Å². The van der Waals surface area contributed by atoms with E-state index in [1.165, 1.54) is 11.2 Å². The minimum Gasteiger partial charge on any atom is -0.346 e. The van der Waals surface area contributed by atoms with E-state index >= 15 is 4.39 Å². The number of fused-ring (bicyclic) bond motifs is 6. The van der Waals surface area contributed by atoms with Crippen LogP contribution in [0.25, 0.3) is 11.2 Å². The molecule has 0 spiro atoms. The number of aliphatic imine (C=N–C) groups is 2. The van der Waals surface area contributed by atoms with Gasteiger partial charge in [0.05, 0.1) is 25.7 Å². The van der Waals surface area contributed by atoms with E-state index in [-0.39, 0.29) is 37.3 Å². The number of aromatic nitrogens is 4. The predicted molar refractivity (Wildman–Crippen MR) is 153 cm³/mol. The Hall–Kier alpha value is -2.25. The number of carbonyl (C=O) groups is 1. The standard InChI is InChI=1S/C21H24FN9O8P2S2/c22-13-11-6-36-40(33,42)35-4-3-30-12(26-10-5-24-16(9-1-2-9)27-17(10)30)7-37-41(34,43)39-15(13)20(38-11)31-8-25-14-18(31)28-21(23)29-19(14)32/h5,8-9,11,13-15,20H,1-4,6-7H2,(H,33,42)(H,34,43)(H2,23,29,32)/t11-,13-,14?,15-,20-,40?,41?/m1/s1. The summed E-state index contributed by atoms with van der Waals surface area (Å²) in [6.07, 6.45) is -1.72. The molecule has 3 N–H and O–H groups in total. The van der Waals surface area contributed by atoms with Gasteiger partial charge in [-0.25, -0.2) is 23.9 Å². The summed E-state index contributed by atoms with van der Waals surface area (Å²) in [5, 5.41) is 10.0. The second-order valence-corrected chi connectivity index (χ2v) is 15.9. The smallest absolute Gasteiger partial charge is 0.346 e. The van der Waals surface area contributed by atoms with Crippen molar-refractivity contribution in [3.8, 4) is 0 Å². The number of nitrogens with one attached hydrogen (secondary N) is 2. The van der Waals surface area contributed by atoms with E-state index in [0.29, 0.717) is 17.0 Å². The molecule has 2 fully saturated rings. The highest BCUT2D eigenvalue weighted by Gasteiger charge is 2.54. The van der Waals surface area contributed by atoms with Crippen LogP contribution in [0.5, 0.6) is 0 Å². The summed E-state index contributed by atoms with van der Waals surface area (Å²) >= 11 is 9.24. The number of hydrogen-bond donors (Lipinski definition) is 4. The van der Waals surface area contributed by atoms with Gasteiger partial charge < -0.3 is 23.2 Å². The Kier molecular flexibility index (Phi) is 7.52. The van der Waals surface area contributed by atoms with Gasteiger partial charge in [0.25, 0.3) is 5.91 Å². The van der Waals surface area contributed by atoms with E-state index in [1.807, 2.05) is 0 Å². The molecule has 5 aliphatic rings. The van der Waals surface area contributed by atoms with Crippen molar-refractivity contribution in [2.45, 2.75) is 62.6 Å². The van der Waals surface area contributed by atoms with Gasteiger partial charge >= 0.3 is 13.5 Å². The summed E-state index contributed by atoms with van der Waals surface area (Å²) < 4.78 is 59.0. The lowest BCUT2D eigenvalue weighted by Gasteiger charge is -2.30. The number of hydrogen-bond acceptors (Lipinski definition) is 14. The Morgan fingerprint density at radius 3 is 2.86 bits per heavy atom. The molecule has 7 rings (SSSR count). The topological polar surface area (TPSA) is 208 Å². The van der Waals surface area contributed by atoms with Crippen LogP contribution in [0, 0.1) is 5.41 Å². The zero-order valence-corrected chi connectivity index (χ0v) is 25.4. The van der Waals surface area contributed by atoms with Gasteiger partial charge in [-0.1, -0.05) is 12.2 Å². The van der Waals surface area contributed by atoms with Gasteiger partial charge in [0.2, 0.25) is 5.96 Å². The van der Waals surface area contributed by atoms with Crippen molar-refractivity contribution in [3.05, 3.63) is 17.8 Å². The first-order valence-corrected chi connectivity index (χ1v) is 18.4. The SMILES string of the molecule is N=C1N=C2C(N=CN2[C@@H]2O[C@@H]3COP(O)(=S)OCCn4c(nc5cnc(C6CC6)nc54)COP(=O)(S)O[C@@H]2[C@@H]3F)C(=O)N1. The van der Waals surface area contributed by atoms with E-state index in [2.05, 4.69) is 42.5 Å². The van der Waals surface area contributed by atoms with Crippen molar-refractivity contribution in [3.63, 3.8) is 0 Å². The molecule has 4 aliphatic heterocycles. The van der Waals surface area contributed by atoms with Gasteiger partial charge in [0.15, 0.2) is 29.9 Å². The van der Waals surface area contributed by atoms with Crippen LogP contribution in [0.2, 0.25) is 0 Å². The molecule has 1 amide bonds. The van der Waals surface area contributed by atoms with Crippen molar-refractivity contribution < 1.29 is 41.5 Å². The molecule has 2 bridgehead atoms. The number of rotatable bonds is 2. The van der Waals surface area contributed by atoms with Crippen LogP contribution in [0.15, 0.2) is 16.2 Å². The third kappa shape index (κ3) is 5.81. The van der Waals surface area contributed by atoms with Crippen LogP contribution in [-0.4, -0.2) is 97.2 Å². The molecule has 7 atom stereocenters. The third-order valence-electron chi connectivity index (χ3n) is 7.21. The van der Waals surface area contributed by atoms with Crippen molar-refractivity contribution >= 4 is 72.8 Å². The van der Waals surface area contributed by atoms with Gasteiger partial charge in [-0.15, -0.1) is 0 Å². The Balaban J connectivity index is 1.21. The summed E-state index contributed by atoms with van der Waals surface area (Å²) in [4.78, 5) is 45.8. The maximum Gasteiger partial charge on any atom is 0.387 e. The van der Waals surface area contributed by atoms with E-state index in [0.717, 1.165) is 12.8 Å². The van der Waals surface area contributed by atoms with Gasteiger partial charge in [-0.2, -0.15) is 4.99 Å². The number of thiol groups is 1. The first-order chi connectivity index (χ1) is 20.5. The number of alkyl halides is 1. The van der Waals surface area contributed by atoms with Gasteiger partial charge in [-0.3, -0.25) is 34.5 Å². The molecule has 22 heteroatoms. The number of imidazole rings is 1. The molecule has 6 heterocycles. The Labute approximate surface area is 252 Å². The molecule has 230 valence electrons. The molecule has 2 aromatic heterocycles. The molecular weight excluding hydrogens is 651 g/mol. The Bertz CT molecular complexity index is 1670. The minimum atomic E-state index is -4.32. The van der Waals surface area contributed by atoms with E-state index in [9.17, 15) is 14.3 Å². The molecule has 17 nitrogen and oxygen atoms in total. The lowest BCUT2D eigenvalue weighted by atomic mass is 10.1. The summed E-state index contributed by atoms with van der Waals surface area (Å²) in [7, 11) is 0. The van der Waals surface area contributed by atoms with Crippen LogP contribution in [0.1, 0.15) is 30.4 Å². The second kappa shape index (κ2) is 11.0. The summed E-state index contributed by atoms with van der Waals surface area (Å²) in [6, 6.07) is -1.11. The molecule has 1 aliphatic carbocycles. The lowest BCUT2D eigenvalue weighted by Crippen LogP contribution is -2.53. The van der Waals surface area contributed by atoms with Crippen molar-refractivity contribution in [1.82, 2.24) is 29.7 Å². The van der Waals surface area contributed by atoms with Crippen molar-refractivity contribution in [1.29, 1.82) is 5.41 Å². The number of nitrogens with zero attached hydrogens (tertiary/aromatic N) is 7. The van der Waals surface area contributed by atoms with Crippen LogP contribution >= 0.6 is 25.8 Å². The fourth-order valence-corrected chi connectivity index (χ4v) is 7.53. The maximum atomic E-state index is 15.9. The number of amidine groups is 1. The molecule has 0 aromatic carbocycles. The average Bonchev–Trinajstić information content (AvgIpc) is 3.53. The molecule has 3 unspecified atom stereocenters. The minimum absolute atomic E-state index is 0.0264. The van der Waals surface area contributed by atoms with Crippen LogP contribution in [0.4, 0.5) is 4.39 Å². The monoisotopic (exact) mass is 675 g/mol. The third-order valence-corrected chi connectivity index (χ3v) is 10.4. The summed E-state index contributed by atoms with van der Waals surface area (Å²) in [5.41, 5.74) is 0.924. The molecule has 1 saturated heterocycles. The maximum absolute atomic E-state index is 15.9. The Morgan fingerprint density at radius 1 is 1.26 bits per heavy atom. The van der Waals surface area contributed by atoms with Crippen molar-refractivity contribution in [2.24, 2.45) is 9.98 Å². The highest BCUT2D eigenvalue weighted by atomic mass is 32.7. The molecular formula is C21H24FN9O8P2S2. The average molecular weight is 676 g/mol. The van der Waals surface area contributed by atoms with Gasteiger partial charge in [0.1, 0.15) is 36.0 Å². The predicted octanol–water partition coefficient (Wildman–Crippen LogP) is 1.15. The Morgan fingerprint density at radius 2 is 2.07 bits per heavy atom. The van der Waals surface area contributed by atoms with E-state index in [1.54, 1.807) is 10.8 Å². The first-order valence-electron chi connectivity index (χ1n) is 13.1. The first kappa shape index (κ1) is 29.5. The van der Waals surface area contributed by atoms with Gasteiger partial charge in [-0.05, 0) is 24.6 Å². The number of halogens is 1. The number of ether oxygens (including phenoxy) is 1. The molecule has 43 heavy (non-hydrogen) atoms. The van der Waals surface area contributed by atoms with Gasteiger partial charge in [0, 0.05) is 12.5 Å². The van der Waals surface area contributed by atoms with Crippen LogP contribution in [0.3, 0.4) is 0 Å².